The van der Waals surface area contributed by atoms with E-state index in [0.29, 0.717) is 0 Å². The van der Waals surface area contributed by atoms with Crippen LogP contribution in [0.4, 0.5) is 5.69 Å². The van der Waals surface area contributed by atoms with Crippen molar-refractivity contribution in [2.24, 2.45) is 0 Å². The average Bonchev–Trinajstić information content (AvgIpc) is 2.50. The molecule has 4 heteroatoms. The van der Waals surface area contributed by atoms with Gasteiger partial charge < -0.3 is 10.6 Å². The molecule has 2 aromatic rings. The van der Waals surface area contributed by atoms with Gasteiger partial charge in [0.05, 0.1) is 0 Å². The number of amides is 1. The predicted octanol–water partition coefficient (Wildman–Crippen LogP) is 3.10. The Hall–Kier alpha value is -1.65. The van der Waals surface area contributed by atoms with Crippen molar-refractivity contribution in [2.75, 3.05) is 5.32 Å². The molecule has 0 fully saturated rings. The summed E-state index contributed by atoms with van der Waals surface area (Å²) in [6.07, 6.45) is 0. The van der Waals surface area contributed by atoms with Crippen molar-refractivity contribution in [2.45, 2.75) is 25.9 Å². The van der Waals surface area contributed by atoms with Crippen molar-refractivity contribution in [3.05, 3.63) is 64.6 Å². The largest absolute Gasteiger partial charge is 0.330 e. The Bertz CT molecular complexity index is 583. The molecule has 0 bridgehead atoms. The van der Waals surface area contributed by atoms with Gasteiger partial charge in [-0.05, 0) is 38.1 Å². The molecule has 1 amide bonds. The number of anilines is 1. The second-order valence-electron chi connectivity index (χ2n) is 5.18. The van der Waals surface area contributed by atoms with Crippen LogP contribution in [0, 0.1) is 0 Å². The number of carbonyl (C=O) groups excluding carboxylic acids is 1. The van der Waals surface area contributed by atoms with E-state index in [9.17, 15) is 4.79 Å². The summed E-state index contributed by atoms with van der Waals surface area (Å²) < 4.78 is 0.998. The van der Waals surface area contributed by atoms with E-state index in [1.165, 1.54) is 5.56 Å². The van der Waals surface area contributed by atoms with Crippen molar-refractivity contribution < 1.29 is 10.1 Å². The Balaban J connectivity index is 1.92. The number of rotatable bonds is 5. The molecule has 0 aromatic heterocycles. The molecule has 0 saturated heterocycles. The number of halogens is 1. The summed E-state index contributed by atoms with van der Waals surface area (Å²) in [6, 6.07) is 17.9. The molecule has 0 radical (unpaired) electrons. The molecule has 2 atom stereocenters. The van der Waals surface area contributed by atoms with Crippen LogP contribution in [0.2, 0.25) is 0 Å². The van der Waals surface area contributed by atoms with Gasteiger partial charge in [0.15, 0.2) is 6.04 Å². The van der Waals surface area contributed by atoms with Crippen LogP contribution in [0.25, 0.3) is 0 Å². The smallest absolute Gasteiger partial charge is 0.282 e. The lowest BCUT2D eigenvalue weighted by atomic mass is 10.1. The maximum absolute atomic E-state index is 12.2. The molecule has 2 aromatic carbocycles. The quantitative estimate of drug-likeness (QED) is 0.857. The fraction of sp³-hybridized carbons (Fsp3) is 0.235. The topological polar surface area (TPSA) is 45.7 Å². The Morgan fingerprint density at radius 1 is 1.05 bits per heavy atom. The molecule has 110 valence electrons. The first kappa shape index (κ1) is 15.7. The van der Waals surface area contributed by atoms with Gasteiger partial charge in [-0.25, -0.2) is 0 Å². The summed E-state index contributed by atoms with van der Waals surface area (Å²) in [4.78, 5) is 12.2. The summed E-state index contributed by atoms with van der Waals surface area (Å²) in [5, 5.41) is 5.01. The second-order valence-corrected chi connectivity index (χ2v) is 6.09. The number of quaternary nitrogens is 1. The van der Waals surface area contributed by atoms with Gasteiger partial charge in [0.2, 0.25) is 0 Å². The Morgan fingerprint density at radius 2 is 1.67 bits per heavy atom. The summed E-state index contributed by atoms with van der Waals surface area (Å²) in [7, 11) is 0. The Morgan fingerprint density at radius 3 is 2.29 bits per heavy atom. The predicted molar refractivity (Wildman–Crippen MR) is 89.0 cm³/mol. The molecule has 0 aliphatic carbocycles. The maximum atomic E-state index is 12.2. The minimum absolute atomic E-state index is 0.0140. The van der Waals surface area contributed by atoms with E-state index in [-0.39, 0.29) is 18.0 Å². The zero-order chi connectivity index (χ0) is 15.2. The summed E-state index contributed by atoms with van der Waals surface area (Å²) in [6.45, 7) is 4.03. The Labute approximate surface area is 133 Å². The van der Waals surface area contributed by atoms with Crippen LogP contribution in [0.3, 0.4) is 0 Å². The van der Waals surface area contributed by atoms with Gasteiger partial charge in [-0.3, -0.25) is 4.79 Å². The SMILES string of the molecule is C[C@H]([NH2+][C@H](C)C(=O)Nc1ccc(Br)cc1)c1ccccc1. The minimum atomic E-state index is -0.149. The lowest BCUT2D eigenvalue weighted by molar-refractivity contribution is -0.709. The number of nitrogens with one attached hydrogen (secondary N) is 1. The molecule has 3 nitrogen and oxygen atoms in total. The highest BCUT2D eigenvalue weighted by Gasteiger charge is 2.20. The van der Waals surface area contributed by atoms with Crippen LogP contribution < -0.4 is 10.6 Å². The average molecular weight is 348 g/mol. The zero-order valence-electron chi connectivity index (χ0n) is 12.2. The highest BCUT2D eigenvalue weighted by Crippen LogP contribution is 2.14. The third-order valence-electron chi connectivity index (χ3n) is 3.43. The van der Waals surface area contributed by atoms with E-state index >= 15 is 0 Å². The molecule has 2 rings (SSSR count). The van der Waals surface area contributed by atoms with Crippen molar-refractivity contribution in [3.8, 4) is 0 Å². The maximum Gasteiger partial charge on any atom is 0.282 e. The molecular formula is C17H20BrN2O+. The standard InChI is InChI=1S/C17H19BrN2O/c1-12(14-6-4-3-5-7-14)19-13(2)17(21)20-16-10-8-15(18)9-11-16/h3-13,19H,1-2H3,(H,20,21)/p+1/t12-,13+/m0/s1. The van der Waals surface area contributed by atoms with Crippen molar-refractivity contribution in [1.82, 2.24) is 0 Å². The van der Waals surface area contributed by atoms with Gasteiger partial charge in [0, 0.05) is 15.7 Å². The third kappa shape index (κ3) is 4.69. The molecule has 0 heterocycles. The van der Waals surface area contributed by atoms with Crippen molar-refractivity contribution in [3.63, 3.8) is 0 Å². The van der Waals surface area contributed by atoms with Crippen molar-refractivity contribution >= 4 is 27.5 Å². The van der Waals surface area contributed by atoms with Gasteiger partial charge in [0.25, 0.3) is 5.91 Å². The van der Waals surface area contributed by atoms with E-state index < -0.39 is 0 Å². The lowest BCUT2D eigenvalue weighted by Crippen LogP contribution is -2.91. The van der Waals surface area contributed by atoms with Crippen LogP contribution in [0.5, 0.6) is 0 Å². The first-order valence-corrected chi connectivity index (χ1v) is 7.82. The highest BCUT2D eigenvalue weighted by molar-refractivity contribution is 9.10. The van der Waals surface area contributed by atoms with Gasteiger partial charge >= 0.3 is 0 Å². The van der Waals surface area contributed by atoms with Crippen LogP contribution in [0.1, 0.15) is 25.5 Å². The normalized spacial score (nSPS) is 13.5. The fourth-order valence-corrected chi connectivity index (χ4v) is 2.44. The van der Waals surface area contributed by atoms with Crippen LogP contribution in [-0.4, -0.2) is 11.9 Å². The number of hydrogen-bond donors (Lipinski definition) is 2. The van der Waals surface area contributed by atoms with E-state index in [4.69, 9.17) is 0 Å². The third-order valence-corrected chi connectivity index (χ3v) is 3.96. The van der Waals surface area contributed by atoms with E-state index in [2.05, 4.69) is 45.6 Å². The molecule has 21 heavy (non-hydrogen) atoms. The van der Waals surface area contributed by atoms with E-state index in [0.717, 1.165) is 10.2 Å². The number of carbonyl (C=O) groups is 1. The van der Waals surface area contributed by atoms with Crippen LogP contribution in [-0.2, 0) is 4.79 Å². The first-order chi connectivity index (χ1) is 10.1. The summed E-state index contributed by atoms with van der Waals surface area (Å²) in [5.74, 6) is 0.0140. The zero-order valence-corrected chi connectivity index (χ0v) is 13.8. The molecule has 0 aliphatic heterocycles. The van der Waals surface area contributed by atoms with Gasteiger partial charge in [-0.1, -0.05) is 46.3 Å². The summed E-state index contributed by atoms with van der Waals surface area (Å²) >= 11 is 3.38. The minimum Gasteiger partial charge on any atom is -0.330 e. The molecule has 0 aliphatic rings. The van der Waals surface area contributed by atoms with Gasteiger partial charge in [0.1, 0.15) is 6.04 Å². The molecule has 0 spiro atoms. The van der Waals surface area contributed by atoms with Gasteiger partial charge in [-0.2, -0.15) is 0 Å². The van der Waals surface area contributed by atoms with E-state index in [1.807, 2.05) is 49.4 Å². The van der Waals surface area contributed by atoms with E-state index in [1.54, 1.807) is 0 Å². The van der Waals surface area contributed by atoms with Crippen LogP contribution >= 0.6 is 15.9 Å². The molecule has 3 N–H and O–H groups in total. The molecule has 0 saturated carbocycles. The number of hydrogen-bond acceptors (Lipinski definition) is 1. The number of nitrogens with two attached hydrogens (primary N) is 1. The Kier molecular flexibility index (Phi) is 5.53. The highest BCUT2D eigenvalue weighted by atomic mass is 79.9. The van der Waals surface area contributed by atoms with Gasteiger partial charge in [-0.15, -0.1) is 0 Å². The first-order valence-electron chi connectivity index (χ1n) is 7.02. The van der Waals surface area contributed by atoms with Crippen LogP contribution in [0.15, 0.2) is 59.1 Å². The molecular weight excluding hydrogens is 328 g/mol. The fourth-order valence-electron chi connectivity index (χ4n) is 2.18. The van der Waals surface area contributed by atoms with Crippen molar-refractivity contribution in [1.29, 1.82) is 0 Å². The molecule has 0 unspecified atom stereocenters. The summed E-state index contributed by atoms with van der Waals surface area (Å²) in [5.41, 5.74) is 2.04. The second kappa shape index (κ2) is 7.38. The monoisotopic (exact) mass is 347 g/mol. The lowest BCUT2D eigenvalue weighted by Gasteiger charge is -2.16. The number of benzene rings is 2.